The Morgan fingerprint density at radius 3 is 2.74 bits per heavy atom. The highest BCUT2D eigenvalue weighted by atomic mass is 32.1. The number of anilines is 3. The molecule has 0 bridgehead atoms. The van der Waals surface area contributed by atoms with Crippen LogP contribution in [0, 0.1) is 6.92 Å². The van der Waals surface area contributed by atoms with E-state index in [1.54, 1.807) is 23.1 Å². The van der Waals surface area contributed by atoms with Crippen LogP contribution in [0.2, 0.25) is 0 Å². The number of aromatic hydroxyl groups is 1. The molecule has 1 saturated heterocycles. The summed E-state index contributed by atoms with van der Waals surface area (Å²) >= 11 is 1.06. The zero-order valence-corrected chi connectivity index (χ0v) is 18.3. The molecule has 164 valence electrons. The molecule has 2 aromatic heterocycles. The van der Waals surface area contributed by atoms with Crippen molar-refractivity contribution >= 4 is 35.0 Å². The Balaban J connectivity index is 1.53. The molecule has 9 nitrogen and oxygen atoms in total. The van der Waals surface area contributed by atoms with E-state index < -0.39 is 0 Å². The van der Waals surface area contributed by atoms with Crippen molar-refractivity contribution in [1.82, 2.24) is 19.0 Å². The predicted octanol–water partition coefficient (Wildman–Crippen LogP) is 3.50. The summed E-state index contributed by atoms with van der Waals surface area (Å²) < 4.78 is 14.4. The number of phenolic OH excluding ortho intramolecular Hbond substituents is 1. The summed E-state index contributed by atoms with van der Waals surface area (Å²) in [6.45, 7) is 6.69. The van der Waals surface area contributed by atoms with Gasteiger partial charge in [-0.15, -0.1) is 0 Å². The molecule has 1 atom stereocenters. The second kappa shape index (κ2) is 9.36. The number of furan rings is 1. The zero-order valence-electron chi connectivity index (χ0n) is 17.5. The summed E-state index contributed by atoms with van der Waals surface area (Å²) in [5, 5.41) is 20.5. The topological polar surface area (TPSA) is 116 Å². The van der Waals surface area contributed by atoms with Gasteiger partial charge in [0.1, 0.15) is 11.5 Å². The minimum absolute atomic E-state index is 0.0626. The number of benzene rings is 1. The Morgan fingerprint density at radius 2 is 2.03 bits per heavy atom. The molecule has 0 unspecified atom stereocenters. The summed E-state index contributed by atoms with van der Waals surface area (Å²) in [6, 6.07) is 8.89. The van der Waals surface area contributed by atoms with E-state index in [0.29, 0.717) is 30.4 Å². The number of aryl methyl sites for hydroxylation is 1. The molecule has 1 amide bonds. The van der Waals surface area contributed by atoms with Crippen LogP contribution in [0.15, 0.2) is 34.7 Å². The minimum atomic E-state index is -0.184. The molecule has 10 heteroatoms. The number of hydrogen-bond donors (Lipinski definition) is 4. The van der Waals surface area contributed by atoms with E-state index in [1.165, 1.54) is 0 Å². The molecular weight excluding hydrogens is 416 g/mol. The molecular formula is C21H26N6O3S. The van der Waals surface area contributed by atoms with Gasteiger partial charge in [0.2, 0.25) is 0 Å². The molecule has 3 heterocycles. The van der Waals surface area contributed by atoms with Crippen LogP contribution in [0.1, 0.15) is 41.3 Å². The van der Waals surface area contributed by atoms with Crippen LogP contribution in [-0.2, 0) is 0 Å². The third kappa shape index (κ3) is 4.64. The van der Waals surface area contributed by atoms with Crippen molar-refractivity contribution in [2.75, 3.05) is 36.8 Å². The summed E-state index contributed by atoms with van der Waals surface area (Å²) in [7, 11) is 0. The standard InChI is InChI=1S/C21H26N6O3S/c1-3-15(17-8-7-13(2)30-17)23-19-20(26-31-25-19)24-16-6-4-5-14(18(16)28)21(29)27-11-9-22-10-12-27/h4-8,15,22,28H,3,9-12H2,1-2H3,(H,23,25)(H,24,26)/t15-/m1/s1. The van der Waals surface area contributed by atoms with Gasteiger partial charge in [-0.2, -0.15) is 8.75 Å². The van der Waals surface area contributed by atoms with Crippen LogP contribution in [0.3, 0.4) is 0 Å². The summed E-state index contributed by atoms with van der Waals surface area (Å²) in [6.07, 6.45) is 0.795. The Hall–Kier alpha value is -3.11. The Morgan fingerprint density at radius 1 is 1.26 bits per heavy atom. The van der Waals surface area contributed by atoms with Gasteiger partial charge in [0.25, 0.3) is 5.91 Å². The molecule has 1 aliphatic rings. The number of carbonyl (C=O) groups is 1. The molecule has 4 rings (SSSR count). The van der Waals surface area contributed by atoms with E-state index in [2.05, 4.69) is 31.6 Å². The largest absolute Gasteiger partial charge is 0.505 e. The molecule has 4 N–H and O–H groups in total. The normalized spacial score (nSPS) is 15.0. The maximum atomic E-state index is 12.8. The van der Waals surface area contributed by atoms with Crippen molar-refractivity contribution in [3.8, 4) is 5.75 Å². The molecule has 0 saturated carbocycles. The number of aromatic nitrogens is 2. The first kappa shape index (κ1) is 21.1. The van der Waals surface area contributed by atoms with E-state index in [0.717, 1.165) is 42.8 Å². The molecule has 0 spiro atoms. The number of para-hydroxylation sites is 1. The maximum Gasteiger partial charge on any atom is 0.257 e. The molecule has 3 aromatic rings. The van der Waals surface area contributed by atoms with Gasteiger partial charge in [-0.3, -0.25) is 4.79 Å². The van der Waals surface area contributed by atoms with Crippen LogP contribution in [0.4, 0.5) is 17.3 Å². The first-order valence-corrected chi connectivity index (χ1v) is 11.0. The second-order valence-electron chi connectivity index (χ2n) is 7.38. The van der Waals surface area contributed by atoms with Crippen molar-refractivity contribution in [3.05, 3.63) is 47.4 Å². The third-order valence-corrected chi connectivity index (χ3v) is 5.76. The van der Waals surface area contributed by atoms with E-state index in [1.807, 2.05) is 19.1 Å². The fourth-order valence-corrected chi connectivity index (χ4v) is 4.00. The summed E-state index contributed by atoms with van der Waals surface area (Å²) in [4.78, 5) is 14.6. The Kier molecular flexibility index (Phi) is 6.38. The van der Waals surface area contributed by atoms with Crippen LogP contribution in [0.5, 0.6) is 5.75 Å². The highest BCUT2D eigenvalue weighted by Gasteiger charge is 2.23. The zero-order chi connectivity index (χ0) is 21.8. The first-order chi connectivity index (χ1) is 15.1. The molecule has 1 fully saturated rings. The number of amides is 1. The lowest BCUT2D eigenvalue weighted by Gasteiger charge is -2.27. The van der Waals surface area contributed by atoms with E-state index >= 15 is 0 Å². The Bertz CT molecular complexity index is 1040. The van der Waals surface area contributed by atoms with Crippen molar-refractivity contribution in [2.24, 2.45) is 0 Å². The number of rotatable bonds is 7. The SMILES string of the molecule is CC[C@@H](Nc1nsnc1Nc1cccc(C(=O)N2CCNCC2)c1O)c1ccc(C)o1. The predicted molar refractivity (Wildman–Crippen MR) is 120 cm³/mol. The molecule has 0 radical (unpaired) electrons. The number of phenols is 1. The number of piperazine rings is 1. The fourth-order valence-electron chi connectivity index (χ4n) is 3.53. The van der Waals surface area contributed by atoms with Crippen LogP contribution in [0.25, 0.3) is 0 Å². The average molecular weight is 443 g/mol. The monoisotopic (exact) mass is 442 g/mol. The first-order valence-electron chi connectivity index (χ1n) is 10.3. The molecule has 0 aliphatic carbocycles. The van der Waals surface area contributed by atoms with Gasteiger partial charge < -0.3 is 30.4 Å². The summed E-state index contributed by atoms with van der Waals surface area (Å²) in [5.74, 6) is 2.43. The Labute approximate surface area is 184 Å². The smallest absolute Gasteiger partial charge is 0.257 e. The van der Waals surface area contributed by atoms with Crippen molar-refractivity contribution in [3.63, 3.8) is 0 Å². The van der Waals surface area contributed by atoms with Crippen molar-refractivity contribution < 1.29 is 14.3 Å². The number of carbonyl (C=O) groups excluding carboxylic acids is 1. The minimum Gasteiger partial charge on any atom is -0.505 e. The van der Waals surface area contributed by atoms with Gasteiger partial charge in [-0.05, 0) is 37.6 Å². The molecule has 1 aromatic carbocycles. The summed E-state index contributed by atoms with van der Waals surface area (Å²) in [5.41, 5.74) is 0.667. The van der Waals surface area contributed by atoms with Gasteiger partial charge in [0, 0.05) is 26.2 Å². The second-order valence-corrected chi connectivity index (χ2v) is 7.91. The number of nitrogens with one attached hydrogen (secondary N) is 3. The number of nitrogens with zero attached hydrogens (tertiary/aromatic N) is 3. The lowest BCUT2D eigenvalue weighted by atomic mass is 10.1. The average Bonchev–Trinajstić information content (AvgIpc) is 3.42. The van der Waals surface area contributed by atoms with Gasteiger partial charge in [-0.1, -0.05) is 13.0 Å². The quantitative estimate of drug-likeness (QED) is 0.411. The maximum absolute atomic E-state index is 12.8. The number of hydrogen-bond acceptors (Lipinski definition) is 9. The van der Waals surface area contributed by atoms with Crippen LogP contribution >= 0.6 is 11.7 Å². The van der Waals surface area contributed by atoms with Crippen molar-refractivity contribution in [2.45, 2.75) is 26.3 Å². The van der Waals surface area contributed by atoms with Crippen LogP contribution < -0.4 is 16.0 Å². The van der Waals surface area contributed by atoms with E-state index in [4.69, 9.17) is 4.42 Å². The highest BCUT2D eigenvalue weighted by molar-refractivity contribution is 6.99. The molecule has 31 heavy (non-hydrogen) atoms. The van der Waals surface area contributed by atoms with Gasteiger partial charge in [-0.25, -0.2) is 0 Å². The highest BCUT2D eigenvalue weighted by Crippen LogP contribution is 2.34. The third-order valence-electron chi connectivity index (χ3n) is 5.24. The van der Waals surface area contributed by atoms with Gasteiger partial charge >= 0.3 is 0 Å². The lowest BCUT2D eigenvalue weighted by molar-refractivity contribution is 0.0733. The van der Waals surface area contributed by atoms with Gasteiger partial charge in [0.15, 0.2) is 17.4 Å². The van der Waals surface area contributed by atoms with Crippen LogP contribution in [-0.4, -0.2) is 50.8 Å². The molecule has 1 aliphatic heterocycles. The van der Waals surface area contributed by atoms with Crippen molar-refractivity contribution in [1.29, 1.82) is 0 Å². The lowest BCUT2D eigenvalue weighted by Crippen LogP contribution is -2.46. The van der Waals surface area contributed by atoms with E-state index in [9.17, 15) is 9.90 Å². The van der Waals surface area contributed by atoms with Gasteiger partial charge in [0.05, 0.1) is 29.0 Å². The van der Waals surface area contributed by atoms with E-state index in [-0.39, 0.29) is 23.3 Å². The fraction of sp³-hybridized carbons (Fsp3) is 0.381.